The maximum atomic E-state index is 14.3. The number of benzene rings is 2. The van der Waals surface area contributed by atoms with Crippen LogP contribution in [-0.4, -0.2) is 53.5 Å². The molecule has 2 aromatic carbocycles. The number of halogens is 2. The molecule has 3 aliphatic rings. The lowest BCUT2D eigenvalue weighted by atomic mass is 9.74. The zero-order chi connectivity index (χ0) is 27.6. The van der Waals surface area contributed by atoms with Crippen molar-refractivity contribution in [2.24, 2.45) is 5.41 Å². The highest BCUT2D eigenvalue weighted by Gasteiger charge is 2.46. The number of carbonyl (C=O) groups excluding carboxylic acids is 1. The molecule has 3 fully saturated rings. The second kappa shape index (κ2) is 11.4. The van der Waals surface area contributed by atoms with Gasteiger partial charge in [0.2, 0.25) is 11.8 Å². The summed E-state index contributed by atoms with van der Waals surface area (Å²) < 4.78 is 28.7. The Labute approximate surface area is 230 Å². The average molecular weight is 539 g/mol. The van der Waals surface area contributed by atoms with Crippen molar-refractivity contribution in [1.29, 1.82) is 0 Å². The third-order valence-corrected chi connectivity index (χ3v) is 9.13. The van der Waals surface area contributed by atoms with E-state index in [0.29, 0.717) is 50.4 Å². The highest BCUT2D eigenvalue weighted by atomic mass is 19.3. The number of para-hydroxylation sites is 1. The number of nitrogens with zero attached hydrogens (tertiary/aromatic N) is 2. The molecule has 7 heteroatoms. The Morgan fingerprint density at radius 1 is 1.00 bits per heavy atom. The molecule has 5 nitrogen and oxygen atoms in total. The van der Waals surface area contributed by atoms with E-state index in [1.54, 1.807) is 24.3 Å². The number of hydrogen-bond donors (Lipinski definition) is 1. The van der Waals surface area contributed by atoms with Gasteiger partial charge in [0.15, 0.2) is 0 Å². The predicted molar refractivity (Wildman–Crippen MR) is 148 cm³/mol. The summed E-state index contributed by atoms with van der Waals surface area (Å²) in [5.74, 6) is -3.11. The molecule has 0 spiro atoms. The molecule has 1 N–H and O–H groups in total. The summed E-state index contributed by atoms with van der Waals surface area (Å²) in [6.45, 7) is 4.22. The van der Waals surface area contributed by atoms with Gasteiger partial charge in [-0.05, 0) is 86.7 Å². The summed E-state index contributed by atoms with van der Waals surface area (Å²) in [5, 5.41) is 10.3. The maximum absolute atomic E-state index is 14.3. The monoisotopic (exact) mass is 538 g/mol. The van der Waals surface area contributed by atoms with Crippen molar-refractivity contribution in [3.63, 3.8) is 0 Å². The maximum Gasteiger partial charge on any atom is 0.310 e. The van der Waals surface area contributed by atoms with Gasteiger partial charge in [0, 0.05) is 37.5 Å². The lowest BCUT2D eigenvalue weighted by Crippen LogP contribution is -2.51. The Morgan fingerprint density at radius 3 is 2.26 bits per heavy atom. The highest BCUT2D eigenvalue weighted by molar-refractivity contribution is 5.97. The Balaban J connectivity index is 1.25. The standard InChI is InChI=1S/C32H40F2N2O3/c1-23(24-9-11-25(12-10-24)26-13-14-26)22-35-18-16-31(17-19-35,30(38)39)21-29(37)36(27-6-3-2-4-7-27)28-8-5-15-32(33,34)20-28/h2-4,6-7,9-12,23,26,28H,5,8,13-22H2,1H3,(H,38,39). The van der Waals surface area contributed by atoms with Crippen LogP contribution in [0.25, 0.3) is 0 Å². The van der Waals surface area contributed by atoms with Crippen molar-refractivity contribution in [2.75, 3.05) is 24.5 Å². The molecule has 2 aromatic rings. The van der Waals surface area contributed by atoms with Crippen LogP contribution in [0.4, 0.5) is 14.5 Å². The van der Waals surface area contributed by atoms with Crippen molar-refractivity contribution in [3.05, 3.63) is 65.7 Å². The zero-order valence-corrected chi connectivity index (χ0v) is 22.8. The molecule has 2 unspecified atom stereocenters. The first-order valence-electron chi connectivity index (χ1n) is 14.5. The second-order valence-electron chi connectivity index (χ2n) is 12.1. The number of carboxylic acids is 1. The molecule has 1 aliphatic heterocycles. The fourth-order valence-corrected chi connectivity index (χ4v) is 6.52. The van der Waals surface area contributed by atoms with Gasteiger partial charge >= 0.3 is 5.97 Å². The Morgan fingerprint density at radius 2 is 1.67 bits per heavy atom. The van der Waals surface area contributed by atoms with Crippen LogP contribution in [-0.2, 0) is 9.59 Å². The van der Waals surface area contributed by atoms with Crippen LogP contribution in [0.15, 0.2) is 54.6 Å². The number of likely N-dealkylation sites (tertiary alicyclic amines) is 1. The molecule has 210 valence electrons. The van der Waals surface area contributed by atoms with Gasteiger partial charge in [-0.2, -0.15) is 0 Å². The Kier molecular flexibility index (Phi) is 8.08. The number of amides is 1. The van der Waals surface area contributed by atoms with Gasteiger partial charge in [-0.25, -0.2) is 8.78 Å². The predicted octanol–water partition coefficient (Wildman–Crippen LogP) is 6.84. The number of piperidine rings is 1. The van der Waals surface area contributed by atoms with Crippen LogP contribution in [0.5, 0.6) is 0 Å². The smallest absolute Gasteiger partial charge is 0.310 e. The number of carboxylic acid groups (broad SMARTS) is 1. The molecule has 2 aliphatic carbocycles. The number of alkyl halides is 2. The minimum atomic E-state index is -2.82. The lowest BCUT2D eigenvalue weighted by molar-refractivity contribution is -0.155. The molecule has 2 atom stereocenters. The molecule has 0 radical (unpaired) electrons. The van der Waals surface area contributed by atoms with Crippen molar-refractivity contribution in [3.8, 4) is 0 Å². The number of aliphatic carboxylic acids is 1. The molecule has 0 aromatic heterocycles. The first-order chi connectivity index (χ1) is 18.7. The molecule has 1 saturated heterocycles. The highest BCUT2D eigenvalue weighted by Crippen LogP contribution is 2.42. The molecule has 5 rings (SSSR count). The van der Waals surface area contributed by atoms with E-state index in [0.717, 1.165) is 12.5 Å². The fourth-order valence-electron chi connectivity index (χ4n) is 6.52. The van der Waals surface area contributed by atoms with Crippen molar-refractivity contribution in [1.82, 2.24) is 4.90 Å². The third kappa shape index (κ3) is 6.51. The van der Waals surface area contributed by atoms with Crippen LogP contribution in [0.3, 0.4) is 0 Å². The van der Waals surface area contributed by atoms with E-state index in [1.165, 1.54) is 28.9 Å². The molecule has 2 saturated carbocycles. The fraction of sp³-hybridized carbons (Fsp3) is 0.562. The first kappa shape index (κ1) is 27.8. The van der Waals surface area contributed by atoms with Gasteiger partial charge in [0.05, 0.1) is 5.41 Å². The normalized spacial score (nSPS) is 23.6. The van der Waals surface area contributed by atoms with Crippen LogP contribution in [0.1, 0.15) is 87.7 Å². The van der Waals surface area contributed by atoms with E-state index in [-0.39, 0.29) is 25.2 Å². The number of rotatable bonds is 9. The summed E-state index contributed by atoms with van der Waals surface area (Å²) in [6, 6.07) is 17.2. The van der Waals surface area contributed by atoms with Crippen LogP contribution in [0.2, 0.25) is 0 Å². The summed E-state index contributed by atoms with van der Waals surface area (Å²) in [4.78, 5) is 30.1. The van der Waals surface area contributed by atoms with Gasteiger partial charge in [-0.3, -0.25) is 9.59 Å². The summed E-state index contributed by atoms with van der Waals surface area (Å²) >= 11 is 0. The van der Waals surface area contributed by atoms with Crippen LogP contribution >= 0.6 is 0 Å². The van der Waals surface area contributed by atoms with E-state index >= 15 is 0 Å². The minimum Gasteiger partial charge on any atom is -0.481 e. The Bertz CT molecular complexity index is 1140. The number of anilines is 1. The SMILES string of the molecule is CC(CN1CCC(CC(=O)N(c2ccccc2)C2CCCC(F)(F)C2)(C(=O)O)CC1)c1ccc(C2CC2)cc1. The molecule has 39 heavy (non-hydrogen) atoms. The topological polar surface area (TPSA) is 60.9 Å². The third-order valence-electron chi connectivity index (χ3n) is 9.13. The van der Waals surface area contributed by atoms with Crippen molar-refractivity contribution >= 4 is 17.6 Å². The lowest BCUT2D eigenvalue weighted by Gasteiger charge is -2.42. The van der Waals surface area contributed by atoms with Gasteiger partial charge in [0.1, 0.15) is 0 Å². The largest absolute Gasteiger partial charge is 0.481 e. The molecular weight excluding hydrogens is 498 g/mol. The van der Waals surface area contributed by atoms with E-state index in [2.05, 4.69) is 36.1 Å². The van der Waals surface area contributed by atoms with Crippen molar-refractivity contribution < 1.29 is 23.5 Å². The molecule has 1 amide bonds. The van der Waals surface area contributed by atoms with E-state index in [9.17, 15) is 23.5 Å². The van der Waals surface area contributed by atoms with Gasteiger partial charge in [-0.1, -0.05) is 49.4 Å². The summed E-state index contributed by atoms with van der Waals surface area (Å²) in [6.07, 6.45) is 3.40. The van der Waals surface area contributed by atoms with Crippen LogP contribution in [0, 0.1) is 5.41 Å². The molecule has 0 bridgehead atoms. The van der Waals surface area contributed by atoms with Gasteiger partial charge in [0.25, 0.3) is 0 Å². The van der Waals surface area contributed by atoms with E-state index < -0.39 is 23.3 Å². The van der Waals surface area contributed by atoms with Crippen molar-refractivity contribution in [2.45, 2.75) is 88.5 Å². The first-order valence-corrected chi connectivity index (χ1v) is 14.5. The second-order valence-corrected chi connectivity index (χ2v) is 12.1. The molecular formula is C32H40F2N2O3. The quantitative estimate of drug-likeness (QED) is 0.380. The van der Waals surface area contributed by atoms with E-state index in [4.69, 9.17) is 0 Å². The van der Waals surface area contributed by atoms with E-state index in [1.807, 2.05) is 6.07 Å². The minimum absolute atomic E-state index is 0.168. The summed E-state index contributed by atoms with van der Waals surface area (Å²) in [7, 11) is 0. The average Bonchev–Trinajstić information content (AvgIpc) is 3.76. The zero-order valence-electron chi connectivity index (χ0n) is 22.8. The summed E-state index contributed by atoms with van der Waals surface area (Å²) in [5.41, 5.74) is 2.07. The van der Waals surface area contributed by atoms with Crippen LogP contribution < -0.4 is 4.90 Å². The number of hydrogen-bond acceptors (Lipinski definition) is 3. The van der Waals surface area contributed by atoms with Gasteiger partial charge in [-0.15, -0.1) is 0 Å². The molecule has 1 heterocycles. The van der Waals surface area contributed by atoms with Gasteiger partial charge < -0.3 is 14.9 Å². The Hall–Kier alpha value is -2.80. The number of carbonyl (C=O) groups is 2.